The van der Waals surface area contributed by atoms with Crippen molar-refractivity contribution in [3.8, 4) is 11.5 Å². The number of nitrogens with zero attached hydrogens (tertiary/aromatic N) is 1. The van der Waals surface area contributed by atoms with E-state index in [2.05, 4.69) is 10.3 Å². The number of aromatic amines is 1. The van der Waals surface area contributed by atoms with E-state index in [1.807, 2.05) is 53.6 Å². The second kappa shape index (κ2) is 12.6. The van der Waals surface area contributed by atoms with Crippen LogP contribution in [0, 0.1) is 0 Å². The number of H-pyrrole nitrogens is 1. The van der Waals surface area contributed by atoms with E-state index in [1.165, 1.54) is 6.42 Å². The molecular weight excluding hydrogens is 490 g/mol. The van der Waals surface area contributed by atoms with Crippen molar-refractivity contribution in [2.45, 2.75) is 88.8 Å². The number of carbonyl (C=O) groups is 2. The molecule has 2 amide bonds. The Balaban J connectivity index is 1.54. The molecule has 0 aliphatic heterocycles. The smallest absolute Gasteiger partial charge is 0.247 e. The van der Waals surface area contributed by atoms with E-state index in [0.29, 0.717) is 11.5 Å². The van der Waals surface area contributed by atoms with Crippen LogP contribution in [0.15, 0.2) is 48.7 Å². The molecule has 2 aliphatic rings. The average molecular weight is 532 g/mol. The van der Waals surface area contributed by atoms with Gasteiger partial charge in [0.15, 0.2) is 11.5 Å². The highest BCUT2D eigenvalue weighted by atomic mass is 16.5. The zero-order chi connectivity index (χ0) is 27.2. The number of aromatic nitrogens is 1. The highest BCUT2D eigenvalue weighted by Crippen LogP contribution is 2.36. The van der Waals surface area contributed by atoms with Crippen molar-refractivity contribution < 1.29 is 19.1 Å². The largest absolute Gasteiger partial charge is 0.493 e. The van der Waals surface area contributed by atoms with Crippen LogP contribution in [0.25, 0.3) is 10.9 Å². The van der Waals surface area contributed by atoms with Crippen molar-refractivity contribution in [3.05, 3.63) is 59.8 Å². The van der Waals surface area contributed by atoms with Crippen molar-refractivity contribution in [2.24, 2.45) is 0 Å². The molecule has 1 aromatic heterocycles. The van der Waals surface area contributed by atoms with Gasteiger partial charge in [0.25, 0.3) is 0 Å². The Bertz CT molecular complexity index is 1270. The Morgan fingerprint density at radius 1 is 0.923 bits per heavy atom. The quantitative estimate of drug-likeness (QED) is 0.351. The number of carbonyl (C=O) groups excluding carboxylic acids is 2. The number of hydrogen-bond acceptors (Lipinski definition) is 4. The normalized spacial score (nSPS) is 17.5. The Hall–Kier alpha value is -3.48. The minimum absolute atomic E-state index is 0.00617. The number of methoxy groups -OCH3 is 2. The second-order valence-electron chi connectivity index (χ2n) is 11.0. The predicted molar refractivity (Wildman–Crippen MR) is 153 cm³/mol. The highest BCUT2D eigenvalue weighted by Gasteiger charge is 2.38. The maximum atomic E-state index is 14.3. The Labute approximate surface area is 231 Å². The fraction of sp³-hybridized carbons (Fsp3) is 0.500. The molecule has 0 bridgehead atoms. The first-order chi connectivity index (χ1) is 19.1. The fourth-order valence-corrected chi connectivity index (χ4v) is 6.44. The lowest BCUT2D eigenvalue weighted by molar-refractivity contribution is -0.144. The lowest BCUT2D eigenvalue weighted by Crippen LogP contribution is -2.51. The molecule has 208 valence electrons. The first-order valence-corrected chi connectivity index (χ1v) is 14.5. The summed E-state index contributed by atoms with van der Waals surface area (Å²) in [6.07, 6.45) is 12.7. The first kappa shape index (κ1) is 27.1. The van der Waals surface area contributed by atoms with Gasteiger partial charge in [0.05, 0.1) is 20.6 Å². The molecule has 0 saturated heterocycles. The van der Waals surface area contributed by atoms with Gasteiger partial charge < -0.3 is 24.7 Å². The van der Waals surface area contributed by atoms with Gasteiger partial charge in [0.2, 0.25) is 11.8 Å². The molecule has 1 heterocycles. The van der Waals surface area contributed by atoms with E-state index in [9.17, 15) is 9.59 Å². The van der Waals surface area contributed by atoms with Crippen LogP contribution >= 0.6 is 0 Å². The summed E-state index contributed by atoms with van der Waals surface area (Å²) < 4.78 is 11.1. The minimum atomic E-state index is -0.743. The zero-order valence-electron chi connectivity index (χ0n) is 23.2. The Morgan fingerprint density at radius 2 is 1.62 bits per heavy atom. The third-order valence-electron chi connectivity index (χ3n) is 8.47. The van der Waals surface area contributed by atoms with Gasteiger partial charge >= 0.3 is 0 Å². The van der Waals surface area contributed by atoms with Gasteiger partial charge in [-0.05, 0) is 55.0 Å². The predicted octanol–water partition coefficient (Wildman–Crippen LogP) is 6.08. The molecule has 39 heavy (non-hydrogen) atoms. The van der Waals surface area contributed by atoms with Crippen LogP contribution in [0.5, 0.6) is 11.5 Å². The van der Waals surface area contributed by atoms with E-state index in [4.69, 9.17) is 9.47 Å². The van der Waals surface area contributed by atoms with Crippen LogP contribution in [0.1, 0.15) is 81.4 Å². The van der Waals surface area contributed by atoms with Crippen LogP contribution in [0.2, 0.25) is 0 Å². The van der Waals surface area contributed by atoms with E-state index < -0.39 is 6.04 Å². The SMILES string of the molecule is COc1ccc(C(C(=O)NC2CCCCC2)N(C(=O)Cc2c[nH]c3ccccc23)C2CCCCC2)cc1OC. The summed E-state index contributed by atoms with van der Waals surface area (Å²) in [5.74, 6) is 1.03. The van der Waals surface area contributed by atoms with Crippen molar-refractivity contribution >= 4 is 22.7 Å². The molecule has 0 radical (unpaired) electrons. The molecule has 2 aliphatic carbocycles. The maximum Gasteiger partial charge on any atom is 0.247 e. The van der Waals surface area contributed by atoms with E-state index in [1.54, 1.807) is 14.2 Å². The van der Waals surface area contributed by atoms with Crippen LogP contribution < -0.4 is 14.8 Å². The first-order valence-electron chi connectivity index (χ1n) is 14.5. The van der Waals surface area contributed by atoms with Crippen molar-refractivity contribution in [1.29, 1.82) is 0 Å². The van der Waals surface area contributed by atoms with E-state index in [-0.39, 0.29) is 30.3 Å². The average Bonchev–Trinajstić information content (AvgIpc) is 3.38. The van der Waals surface area contributed by atoms with Gasteiger partial charge in [-0.3, -0.25) is 9.59 Å². The topological polar surface area (TPSA) is 83.7 Å². The number of rotatable bonds is 9. The van der Waals surface area contributed by atoms with Crippen LogP contribution in [0.4, 0.5) is 0 Å². The summed E-state index contributed by atoms with van der Waals surface area (Å²) in [7, 11) is 3.20. The molecule has 5 rings (SSSR count). The third-order valence-corrected chi connectivity index (χ3v) is 8.47. The molecule has 7 nitrogen and oxygen atoms in total. The van der Waals surface area contributed by atoms with Gasteiger partial charge in [-0.2, -0.15) is 0 Å². The second-order valence-corrected chi connectivity index (χ2v) is 11.0. The van der Waals surface area contributed by atoms with Crippen LogP contribution in [0.3, 0.4) is 0 Å². The standard InChI is InChI=1S/C32H41N3O4/c1-38-28-18-17-22(19-29(28)39-2)31(32(37)34-24-11-5-3-6-12-24)35(25-13-7-4-8-14-25)30(36)20-23-21-33-27-16-10-9-15-26(23)27/h9-10,15-19,21,24-25,31,33H,3-8,11-14,20H2,1-2H3,(H,34,37). The van der Waals surface area contributed by atoms with Crippen LogP contribution in [-0.4, -0.2) is 48.0 Å². The number of fused-ring (bicyclic) bond motifs is 1. The van der Waals surface area contributed by atoms with Crippen molar-refractivity contribution in [3.63, 3.8) is 0 Å². The third kappa shape index (κ3) is 6.07. The Morgan fingerprint density at radius 3 is 2.33 bits per heavy atom. The number of benzene rings is 2. The molecule has 0 spiro atoms. The highest BCUT2D eigenvalue weighted by molar-refractivity contribution is 5.93. The zero-order valence-corrected chi connectivity index (χ0v) is 23.2. The molecule has 2 aromatic carbocycles. The lowest BCUT2D eigenvalue weighted by Gasteiger charge is -2.40. The molecule has 3 aromatic rings. The number of hydrogen-bond donors (Lipinski definition) is 2. The fourth-order valence-electron chi connectivity index (χ4n) is 6.44. The molecular formula is C32H41N3O4. The summed E-state index contributed by atoms with van der Waals surface area (Å²) in [5.41, 5.74) is 2.71. The van der Waals surface area contributed by atoms with E-state index in [0.717, 1.165) is 79.8 Å². The summed E-state index contributed by atoms with van der Waals surface area (Å²) in [4.78, 5) is 33.7. The molecule has 1 atom stereocenters. The number of amides is 2. The minimum Gasteiger partial charge on any atom is -0.493 e. The molecule has 1 unspecified atom stereocenters. The summed E-state index contributed by atoms with van der Waals surface area (Å²) in [6.45, 7) is 0. The summed E-state index contributed by atoms with van der Waals surface area (Å²) >= 11 is 0. The lowest BCUT2D eigenvalue weighted by atomic mass is 9.90. The number of nitrogens with one attached hydrogen (secondary N) is 2. The van der Waals surface area contributed by atoms with Gasteiger partial charge in [-0.25, -0.2) is 0 Å². The summed E-state index contributed by atoms with van der Waals surface area (Å²) in [5, 5.41) is 4.38. The van der Waals surface area contributed by atoms with E-state index >= 15 is 0 Å². The molecule has 7 heteroatoms. The van der Waals surface area contributed by atoms with Crippen LogP contribution in [-0.2, 0) is 16.0 Å². The van der Waals surface area contributed by atoms with Crippen molar-refractivity contribution in [1.82, 2.24) is 15.2 Å². The number of ether oxygens (including phenoxy) is 2. The number of para-hydroxylation sites is 1. The maximum absolute atomic E-state index is 14.3. The van der Waals surface area contributed by atoms with Crippen molar-refractivity contribution in [2.75, 3.05) is 14.2 Å². The molecule has 2 fully saturated rings. The monoisotopic (exact) mass is 531 g/mol. The van der Waals surface area contributed by atoms with Gasteiger partial charge in [-0.15, -0.1) is 0 Å². The van der Waals surface area contributed by atoms with Gasteiger partial charge in [0.1, 0.15) is 6.04 Å². The van der Waals surface area contributed by atoms with Gasteiger partial charge in [0, 0.05) is 29.2 Å². The summed E-state index contributed by atoms with van der Waals surface area (Å²) in [6, 6.07) is 13.0. The molecule has 2 N–H and O–H groups in total. The van der Waals surface area contributed by atoms with Gasteiger partial charge in [-0.1, -0.05) is 62.8 Å². The Kier molecular flexibility index (Phi) is 8.74. The molecule has 2 saturated carbocycles.